The molecule has 1 aromatic rings. The van der Waals surface area contributed by atoms with E-state index >= 15 is 0 Å². The standard InChI is InChI=1S/C8H5O7S.Li/c9-7(10)4-1-5(8(11)12)3-6(2-4)16(13,14)15;/h2-3H,(H,9,10)(H,11,12)(H,13,14,15);/q-1;+1. The van der Waals surface area contributed by atoms with Gasteiger partial charge in [0, 0.05) is 4.90 Å². The van der Waals surface area contributed by atoms with Gasteiger partial charge in [-0.15, -0.1) is 6.07 Å². The normalized spacial score (nSPS) is 10.4. The number of carbonyl (C=O) groups is 2. The van der Waals surface area contributed by atoms with Crippen LogP contribution in [0, 0.1) is 6.07 Å². The first-order chi connectivity index (χ1) is 7.21. The number of aromatic carboxylic acids is 2. The summed E-state index contributed by atoms with van der Waals surface area (Å²) >= 11 is 0. The van der Waals surface area contributed by atoms with Crippen molar-refractivity contribution in [2.45, 2.75) is 4.90 Å². The summed E-state index contributed by atoms with van der Waals surface area (Å²) < 4.78 is 30.2. The summed E-state index contributed by atoms with van der Waals surface area (Å²) in [5.41, 5.74) is -1.32. The van der Waals surface area contributed by atoms with Crippen LogP contribution in [0.4, 0.5) is 0 Å². The maximum Gasteiger partial charge on any atom is 1.00 e. The molecule has 0 unspecified atom stereocenters. The molecule has 86 valence electrons. The Kier molecular flexibility index (Phi) is 4.91. The van der Waals surface area contributed by atoms with Crippen LogP contribution in [0.3, 0.4) is 0 Å². The van der Waals surface area contributed by atoms with Gasteiger partial charge in [0.05, 0.1) is 0 Å². The molecule has 0 aromatic heterocycles. The minimum absolute atomic E-state index is 0. The molecule has 0 bridgehead atoms. The summed E-state index contributed by atoms with van der Waals surface area (Å²) in [6, 6.07) is 3.21. The molecule has 9 heteroatoms. The summed E-state index contributed by atoms with van der Waals surface area (Å²) in [6.07, 6.45) is 0. The van der Waals surface area contributed by atoms with Crippen molar-refractivity contribution < 1.29 is 51.6 Å². The van der Waals surface area contributed by atoms with Gasteiger partial charge in [0.2, 0.25) is 0 Å². The van der Waals surface area contributed by atoms with Crippen LogP contribution in [0.25, 0.3) is 0 Å². The molecule has 17 heavy (non-hydrogen) atoms. The molecule has 1 rings (SSSR count). The Morgan fingerprint density at radius 3 is 1.65 bits per heavy atom. The van der Waals surface area contributed by atoms with E-state index in [1.807, 2.05) is 6.07 Å². The Bertz CT molecular complexity index is 531. The summed E-state index contributed by atoms with van der Waals surface area (Å²) in [5, 5.41) is 17.2. The monoisotopic (exact) mass is 252 g/mol. The molecule has 0 saturated heterocycles. The van der Waals surface area contributed by atoms with Crippen molar-refractivity contribution in [2.24, 2.45) is 0 Å². The van der Waals surface area contributed by atoms with E-state index in [4.69, 9.17) is 14.8 Å². The first-order valence-electron chi connectivity index (χ1n) is 3.73. The molecule has 1 aromatic carbocycles. The fourth-order valence-corrected chi connectivity index (χ4v) is 1.46. The van der Waals surface area contributed by atoms with Gasteiger partial charge in [-0.05, 0) is 11.1 Å². The van der Waals surface area contributed by atoms with Crippen LogP contribution in [-0.2, 0) is 10.1 Å². The Hall–Kier alpha value is -1.33. The molecule has 0 radical (unpaired) electrons. The van der Waals surface area contributed by atoms with Gasteiger partial charge in [-0.1, -0.05) is 12.1 Å². The average molecular weight is 252 g/mol. The number of hydrogen-bond donors (Lipinski definition) is 3. The minimum atomic E-state index is -4.66. The van der Waals surface area contributed by atoms with E-state index in [2.05, 4.69) is 0 Å². The van der Waals surface area contributed by atoms with Crippen molar-refractivity contribution in [2.75, 3.05) is 0 Å². The van der Waals surface area contributed by atoms with E-state index in [-0.39, 0.29) is 18.9 Å². The third kappa shape index (κ3) is 3.87. The zero-order valence-electron chi connectivity index (χ0n) is 8.54. The van der Waals surface area contributed by atoms with E-state index in [0.717, 1.165) is 0 Å². The van der Waals surface area contributed by atoms with Gasteiger partial charge >= 0.3 is 18.9 Å². The SMILES string of the molecule is O=C(O)c1[c-]c(C(=O)O)cc(S(=O)(=O)O)c1.[Li+]. The Balaban J connectivity index is 0.00000256. The van der Waals surface area contributed by atoms with Crippen molar-refractivity contribution in [3.63, 3.8) is 0 Å². The van der Waals surface area contributed by atoms with Crippen molar-refractivity contribution in [3.05, 3.63) is 29.3 Å². The molecule has 0 heterocycles. The van der Waals surface area contributed by atoms with Gasteiger partial charge in [0.25, 0.3) is 22.1 Å². The zero-order chi connectivity index (χ0) is 12.5. The third-order valence-corrected chi connectivity index (χ3v) is 2.43. The molecule has 7 nitrogen and oxygen atoms in total. The van der Waals surface area contributed by atoms with Gasteiger partial charge in [-0.25, -0.2) is 0 Å². The maximum absolute atomic E-state index is 10.7. The van der Waals surface area contributed by atoms with Crippen molar-refractivity contribution in [3.8, 4) is 0 Å². The molecule has 0 fully saturated rings. The van der Waals surface area contributed by atoms with E-state index in [0.29, 0.717) is 12.1 Å². The summed E-state index contributed by atoms with van der Waals surface area (Å²) in [4.78, 5) is 20.3. The second kappa shape index (κ2) is 5.33. The molecule has 0 atom stereocenters. The Morgan fingerprint density at radius 1 is 1.06 bits per heavy atom. The largest absolute Gasteiger partial charge is 1.00 e. The van der Waals surface area contributed by atoms with E-state index in [9.17, 15) is 18.0 Å². The van der Waals surface area contributed by atoms with Gasteiger partial charge in [-0.2, -0.15) is 8.42 Å². The van der Waals surface area contributed by atoms with E-state index in [1.165, 1.54) is 0 Å². The molecule has 3 N–H and O–H groups in total. The smallest absolute Gasteiger partial charge is 0.513 e. The zero-order valence-corrected chi connectivity index (χ0v) is 9.35. The van der Waals surface area contributed by atoms with Crippen molar-refractivity contribution in [1.29, 1.82) is 0 Å². The topological polar surface area (TPSA) is 129 Å². The number of carboxylic acid groups (broad SMARTS) is 2. The fourth-order valence-electron chi connectivity index (χ4n) is 0.923. The van der Waals surface area contributed by atoms with Crippen LogP contribution in [0.5, 0.6) is 0 Å². The number of benzene rings is 1. The summed E-state index contributed by atoms with van der Waals surface area (Å²) in [5.74, 6) is -3.10. The van der Waals surface area contributed by atoms with Gasteiger partial charge in [0.1, 0.15) is 0 Å². The first kappa shape index (κ1) is 15.7. The van der Waals surface area contributed by atoms with Crippen LogP contribution < -0.4 is 18.9 Å². The molecule has 0 aliphatic heterocycles. The number of carboxylic acids is 2. The Morgan fingerprint density at radius 2 is 1.41 bits per heavy atom. The minimum Gasteiger partial charge on any atom is -0.513 e. The average Bonchev–Trinajstić information content (AvgIpc) is 2.15. The third-order valence-electron chi connectivity index (χ3n) is 1.60. The van der Waals surface area contributed by atoms with E-state index in [1.54, 1.807) is 0 Å². The summed E-state index contributed by atoms with van der Waals surface area (Å²) in [7, 11) is -4.66. The van der Waals surface area contributed by atoms with Gasteiger partial charge in [0.15, 0.2) is 0 Å². The van der Waals surface area contributed by atoms with E-state index < -0.39 is 38.1 Å². The molecular formula is C8H5LiO7S. The molecule has 0 saturated carbocycles. The van der Waals surface area contributed by atoms with Crippen LogP contribution in [0.15, 0.2) is 17.0 Å². The second-order valence-electron chi connectivity index (χ2n) is 2.73. The Labute approximate surface area is 108 Å². The van der Waals surface area contributed by atoms with Crippen LogP contribution in [-0.4, -0.2) is 35.1 Å². The predicted octanol–water partition coefficient (Wildman–Crippen LogP) is -2.87. The molecule has 0 amide bonds. The van der Waals surface area contributed by atoms with Gasteiger partial charge in [-0.3, -0.25) is 14.1 Å². The first-order valence-corrected chi connectivity index (χ1v) is 5.17. The molecular weight excluding hydrogens is 247 g/mol. The fraction of sp³-hybridized carbons (Fsp3) is 0. The predicted molar refractivity (Wildman–Crippen MR) is 49.0 cm³/mol. The van der Waals surface area contributed by atoms with Crippen molar-refractivity contribution >= 4 is 22.1 Å². The number of rotatable bonds is 3. The van der Waals surface area contributed by atoms with Crippen LogP contribution in [0.2, 0.25) is 0 Å². The quantitative estimate of drug-likeness (QED) is 0.299. The van der Waals surface area contributed by atoms with Crippen LogP contribution >= 0.6 is 0 Å². The molecule has 0 spiro atoms. The van der Waals surface area contributed by atoms with Crippen LogP contribution in [0.1, 0.15) is 20.7 Å². The van der Waals surface area contributed by atoms with Crippen molar-refractivity contribution in [1.82, 2.24) is 0 Å². The second-order valence-corrected chi connectivity index (χ2v) is 4.15. The molecule has 0 aliphatic carbocycles. The number of hydrogen-bond acceptors (Lipinski definition) is 4. The van der Waals surface area contributed by atoms with Gasteiger partial charge < -0.3 is 10.2 Å². The molecule has 0 aliphatic rings. The maximum atomic E-state index is 10.7. The summed E-state index contributed by atoms with van der Waals surface area (Å²) in [6.45, 7) is 0.